The molecule has 178 valence electrons. The molecular weight excluding hydrogens is 473 g/mol. The van der Waals surface area contributed by atoms with Gasteiger partial charge in [0.1, 0.15) is 11.6 Å². The van der Waals surface area contributed by atoms with Gasteiger partial charge in [-0.05, 0) is 55.0 Å². The Morgan fingerprint density at radius 2 is 1.80 bits per heavy atom. The molecule has 3 aromatic carbocycles. The van der Waals surface area contributed by atoms with Crippen molar-refractivity contribution >= 4 is 23.5 Å². The summed E-state index contributed by atoms with van der Waals surface area (Å²) in [7, 11) is 0. The predicted molar refractivity (Wildman–Crippen MR) is 130 cm³/mol. The fraction of sp³-hybridized carbons (Fsp3) is 0.115. The molecule has 35 heavy (non-hydrogen) atoms. The Kier molecular flexibility index (Phi) is 7.12. The van der Waals surface area contributed by atoms with Crippen LogP contribution in [0.4, 0.5) is 4.39 Å². The number of carbonyl (C=O) groups excluding carboxylic acids is 1. The number of carboxylic acid groups (broad SMARTS) is 1. The second kappa shape index (κ2) is 10.4. The highest BCUT2D eigenvalue weighted by atomic mass is 35.5. The number of halogens is 2. The molecule has 1 aromatic heterocycles. The van der Waals surface area contributed by atoms with Crippen LogP contribution in [0, 0.1) is 12.7 Å². The highest BCUT2D eigenvalue weighted by Crippen LogP contribution is 2.34. The molecule has 0 aliphatic heterocycles. The SMILES string of the molecule is Cc1ccc(-c2cn(-c3cc(F)cc(Cl)c3)nc2Oc2ccc(C(=O)NCCC(=O)O)cc2)cc1. The van der Waals surface area contributed by atoms with Crippen molar-refractivity contribution in [3.05, 3.63) is 94.9 Å². The van der Waals surface area contributed by atoms with Crippen LogP contribution >= 0.6 is 11.6 Å². The Morgan fingerprint density at radius 1 is 1.09 bits per heavy atom. The van der Waals surface area contributed by atoms with Crippen molar-refractivity contribution in [1.82, 2.24) is 15.1 Å². The molecule has 4 aromatic rings. The summed E-state index contributed by atoms with van der Waals surface area (Å²) in [4.78, 5) is 22.8. The number of benzene rings is 3. The monoisotopic (exact) mass is 493 g/mol. The molecule has 0 aliphatic rings. The summed E-state index contributed by atoms with van der Waals surface area (Å²) >= 11 is 6.02. The molecule has 0 saturated carbocycles. The number of aromatic nitrogens is 2. The maximum atomic E-state index is 13.9. The van der Waals surface area contributed by atoms with E-state index in [1.807, 2.05) is 31.2 Å². The minimum absolute atomic E-state index is 0.0356. The van der Waals surface area contributed by atoms with Crippen molar-refractivity contribution in [3.8, 4) is 28.4 Å². The maximum absolute atomic E-state index is 13.9. The molecule has 0 spiro atoms. The molecule has 0 unspecified atom stereocenters. The van der Waals surface area contributed by atoms with Crippen LogP contribution in [0.3, 0.4) is 0 Å². The molecule has 9 heteroatoms. The van der Waals surface area contributed by atoms with Crippen LogP contribution in [-0.4, -0.2) is 33.3 Å². The number of nitrogens with one attached hydrogen (secondary N) is 1. The van der Waals surface area contributed by atoms with Crippen LogP contribution < -0.4 is 10.1 Å². The van der Waals surface area contributed by atoms with Crippen molar-refractivity contribution in [2.75, 3.05) is 6.54 Å². The molecule has 1 amide bonds. The summed E-state index contributed by atoms with van der Waals surface area (Å²) in [6.07, 6.45) is 1.57. The fourth-order valence-corrected chi connectivity index (χ4v) is 3.56. The van der Waals surface area contributed by atoms with Crippen LogP contribution in [0.2, 0.25) is 5.02 Å². The summed E-state index contributed by atoms with van der Waals surface area (Å²) in [6.45, 7) is 2.02. The lowest BCUT2D eigenvalue weighted by Gasteiger charge is -2.07. The zero-order valence-corrected chi connectivity index (χ0v) is 19.4. The van der Waals surface area contributed by atoms with Gasteiger partial charge in [0.05, 0.1) is 17.7 Å². The third-order valence-electron chi connectivity index (χ3n) is 5.11. The molecule has 1 heterocycles. The number of amides is 1. The average Bonchev–Trinajstić information content (AvgIpc) is 3.23. The largest absolute Gasteiger partial charge is 0.481 e. The number of carboxylic acids is 1. The second-order valence-corrected chi connectivity index (χ2v) is 8.25. The van der Waals surface area contributed by atoms with Gasteiger partial charge in [-0.2, -0.15) is 0 Å². The zero-order chi connectivity index (χ0) is 24.9. The number of nitrogens with zero attached hydrogens (tertiary/aromatic N) is 2. The Balaban J connectivity index is 1.62. The summed E-state index contributed by atoms with van der Waals surface area (Å²) in [6, 6.07) is 18.3. The molecule has 0 aliphatic carbocycles. The number of ether oxygens (including phenoxy) is 1. The summed E-state index contributed by atoms with van der Waals surface area (Å²) < 4.78 is 21.5. The van der Waals surface area contributed by atoms with Gasteiger partial charge >= 0.3 is 5.97 Å². The lowest BCUT2D eigenvalue weighted by Crippen LogP contribution is -2.25. The van der Waals surface area contributed by atoms with Crippen LogP contribution in [0.15, 0.2) is 72.9 Å². The van der Waals surface area contributed by atoms with E-state index in [1.165, 1.54) is 16.8 Å². The van der Waals surface area contributed by atoms with E-state index in [1.54, 1.807) is 36.5 Å². The van der Waals surface area contributed by atoms with E-state index in [9.17, 15) is 14.0 Å². The fourth-order valence-electron chi connectivity index (χ4n) is 3.34. The molecule has 0 radical (unpaired) electrons. The van der Waals surface area contributed by atoms with Crippen LogP contribution in [0.1, 0.15) is 22.3 Å². The highest BCUT2D eigenvalue weighted by molar-refractivity contribution is 6.30. The minimum Gasteiger partial charge on any atom is -0.481 e. The second-order valence-electron chi connectivity index (χ2n) is 7.81. The van der Waals surface area contributed by atoms with Gasteiger partial charge in [0, 0.05) is 23.3 Å². The summed E-state index contributed by atoms with van der Waals surface area (Å²) in [5.41, 5.74) is 3.43. The number of rotatable bonds is 8. The van der Waals surface area contributed by atoms with E-state index in [-0.39, 0.29) is 29.8 Å². The molecule has 0 fully saturated rings. The van der Waals surface area contributed by atoms with Gasteiger partial charge in [0.25, 0.3) is 5.91 Å². The molecular formula is C26H21ClFN3O4. The first-order valence-electron chi connectivity index (χ1n) is 10.7. The first-order valence-corrected chi connectivity index (χ1v) is 11.1. The van der Waals surface area contributed by atoms with E-state index in [0.717, 1.165) is 11.1 Å². The highest BCUT2D eigenvalue weighted by Gasteiger charge is 2.16. The van der Waals surface area contributed by atoms with Gasteiger partial charge in [-0.25, -0.2) is 9.07 Å². The number of hydrogen-bond donors (Lipinski definition) is 2. The van der Waals surface area contributed by atoms with Crippen molar-refractivity contribution in [2.45, 2.75) is 13.3 Å². The van der Waals surface area contributed by atoms with E-state index in [4.69, 9.17) is 21.4 Å². The molecule has 0 atom stereocenters. The Bertz CT molecular complexity index is 1350. The van der Waals surface area contributed by atoms with Gasteiger partial charge in [0.2, 0.25) is 5.88 Å². The lowest BCUT2D eigenvalue weighted by atomic mass is 10.1. The zero-order valence-electron chi connectivity index (χ0n) is 18.7. The smallest absolute Gasteiger partial charge is 0.305 e. The normalized spacial score (nSPS) is 10.7. The third kappa shape index (κ3) is 6.04. The van der Waals surface area contributed by atoms with Crippen molar-refractivity contribution in [2.24, 2.45) is 0 Å². The Morgan fingerprint density at radius 3 is 2.46 bits per heavy atom. The van der Waals surface area contributed by atoms with Crippen molar-refractivity contribution < 1.29 is 23.8 Å². The first kappa shape index (κ1) is 24.0. The lowest BCUT2D eigenvalue weighted by molar-refractivity contribution is -0.136. The van der Waals surface area contributed by atoms with E-state index in [2.05, 4.69) is 10.4 Å². The minimum atomic E-state index is -0.988. The number of aliphatic carboxylic acids is 1. The summed E-state index contributed by atoms with van der Waals surface area (Å²) in [5.74, 6) is -1.14. The van der Waals surface area contributed by atoms with Crippen molar-refractivity contribution in [1.29, 1.82) is 0 Å². The Hall–Kier alpha value is -4.17. The molecule has 0 bridgehead atoms. The molecule has 2 N–H and O–H groups in total. The van der Waals surface area contributed by atoms with E-state index in [0.29, 0.717) is 22.6 Å². The third-order valence-corrected chi connectivity index (χ3v) is 5.33. The van der Waals surface area contributed by atoms with E-state index < -0.39 is 11.8 Å². The van der Waals surface area contributed by atoms with E-state index >= 15 is 0 Å². The van der Waals surface area contributed by atoms with Gasteiger partial charge in [-0.15, -0.1) is 5.10 Å². The van der Waals surface area contributed by atoms with Crippen LogP contribution in [-0.2, 0) is 4.79 Å². The number of hydrogen-bond acceptors (Lipinski definition) is 4. The van der Waals surface area contributed by atoms with Gasteiger partial charge in [0.15, 0.2) is 0 Å². The van der Waals surface area contributed by atoms with Gasteiger partial charge in [-0.1, -0.05) is 41.4 Å². The topological polar surface area (TPSA) is 93.5 Å². The molecule has 7 nitrogen and oxygen atoms in total. The molecule has 4 rings (SSSR count). The average molecular weight is 494 g/mol. The molecule has 0 saturated heterocycles. The number of carbonyl (C=O) groups is 2. The van der Waals surface area contributed by atoms with Gasteiger partial charge < -0.3 is 15.2 Å². The summed E-state index contributed by atoms with van der Waals surface area (Å²) in [5, 5.41) is 16.0. The number of aryl methyl sites for hydroxylation is 1. The first-order chi connectivity index (χ1) is 16.8. The maximum Gasteiger partial charge on any atom is 0.305 e. The quantitative estimate of drug-likeness (QED) is 0.331. The van der Waals surface area contributed by atoms with Crippen LogP contribution in [0.25, 0.3) is 16.8 Å². The Labute approximate surface area is 205 Å². The van der Waals surface area contributed by atoms with Crippen molar-refractivity contribution in [3.63, 3.8) is 0 Å². The predicted octanol–water partition coefficient (Wildman–Crippen LogP) is 5.64. The van der Waals surface area contributed by atoms with Crippen LogP contribution in [0.5, 0.6) is 11.6 Å². The standard InChI is InChI=1S/C26H21ClFN3O4/c1-16-2-4-17(5-3-16)23-15-31(21-13-19(27)12-20(28)14-21)30-26(23)35-22-8-6-18(7-9-22)25(34)29-11-10-24(32)33/h2-9,12-15H,10-11H2,1H3,(H,29,34)(H,32,33). The van der Waals surface area contributed by atoms with Gasteiger partial charge in [-0.3, -0.25) is 9.59 Å².